The Labute approximate surface area is 134 Å². The molecular weight excluding hydrogens is 294 g/mol. The highest BCUT2D eigenvalue weighted by molar-refractivity contribution is 7.98. The van der Waals surface area contributed by atoms with E-state index >= 15 is 0 Å². The molecule has 0 aromatic carbocycles. The number of likely N-dealkylation sites (tertiary alicyclic amines) is 1. The maximum absolute atomic E-state index is 11.9. The van der Waals surface area contributed by atoms with Gasteiger partial charge in [0.2, 0.25) is 5.91 Å². The third-order valence-corrected chi connectivity index (χ3v) is 4.28. The minimum Gasteiger partial charge on any atom is -0.351 e. The van der Waals surface area contributed by atoms with Crippen molar-refractivity contribution in [3.63, 3.8) is 0 Å². The molecule has 1 aliphatic rings. The number of carbonyl (C=O) groups is 1. The van der Waals surface area contributed by atoms with Gasteiger partial charge in [-0.3, -0.25) is 4.79 Å². The third kappa shape index (κ3) is 7.72. The lowest BCUT2D eigenvalue weighted by Gasteiger charge is -2.33. The zero-order chi connectivity index (χ0) is 14.3. The van der Waals surface area contributed by atoms with Gasteiger partial charge in [-0.25, -0.2) is 0 Å². The standard InChI is InChI=1S/C14H29N3OS.ClH/c1-11-5-4-7-17(9-11)10-12(2)16-14(18)13(15)6-8-19-3;/h11-13H,4-10,15H2,1-3H3,(H,16,18);1H/t11?,12?,13-;/m0./s1. The summed E-state index contributed by atoms with van der Waals surface area (Å²) >= 11 is 1.73. The highest BCUT2D eigenvalue weighted by Crippen LogP contribution is 2.15. The second-order valence-corrected chi connectivity index (χ2v) is 6.79. The summed E-state index contributed by atoms with van der Waals surface area (Å²) in [6, 6.07) is -0.187. The molecular formula is C14H30ClN3OS. The van der Waals surface area contributed by atoms with Crippen molar-refractivity contribution in [2.75, 3.05) is 31.6 Å². The van der Waals surface area contributed by atoms with Crippen LogP contribution in [0.5, 0.6) is 0 Å². The molecule has 1 saturated heterocycles. The van der Waals surface area contributed by atoms with Crippen molar-refractivity contribution in [2.45, 2.75) is 45.2 Å². The van der Waals surface area contributed by atoms with Gasteiger partial charge in [0.25, 0.3) is 0 Å². The van der Waals surface area contributed by atoms with Crippen LogP contribution in [0.3, 0.4) is 0 Å². The Balaban J connectivity index is 0.00000361. The van der Waals surface area contributed by atoms with E-state index in [4.69, 9.17) is 5.73 Å². The van der Waals surface area contributed by atoms with Crippen molar-refractivity contribution >= 4 is 30.1 Å². The van der Waals surface area contributed by atoms with E-state index in [1.807, 2.05) is 6.26 Å². The average molecular weight is 324 g/mol. The van der Waals surface area contributed by atoms with Crippen molar-refractivity contribution in [2.24, 2.45) is 11.7 Å². The van der Waals surface area contributed by atoms with Crippen LogP contribution in [0, 0.1) is 5.92 Å². The number of nitrogens with zero attached hydrogens (tertiary/aromatic N) is 1. The first kappa shape index (κ1) is 20.0. The maximum atomic E-state index is 11.9. The summed E-state index contributed by atoms with van der Waals surface area (Å²) in [5.74, 6) is 1.71. The fraction of sp³-hybridized carbons (Fsp3) is 0.929. The lowest BCUT2D eigenvalue weighted by molar-refractivity contribution is -0.123. The Morgan fingerprint density at radius 2 is 2.25 bits per heavy atom. The van der Waals surface area contributed by atoms with E-state index < -0.39 is 0 Å². The molecule has 3 N–H and O–H groups in total. The van der Waals surface area contributed by atoms with Gasteiger partial charge in [0.15, 0.2) is 0 Å². The Hall–Kier alpha value is 0.0300. The monoisotopic (exact) mass is 323 g/mol. The van der Waals surface area contributed by atoms with Gasteiger partial charge in [0.1, 0.15) is 0 Å². The Morgan fingerprint density at radius 3 is 2.85 bits per heavy atom. The molecule has 0 aliphatic carbocycles. The Kier molecular flexibility index (Phi) is 10.7. The number of halogens is 1. The Bertz CT molecular complexity index is 281. The summed E-state index contributed by atoms with van der Waals surface area (Å²) in [5, 5.41) is 3.04. The van der Waals surface area contributed by atoms with Gasteiger partial charge >= 0.3 is 0 Å². The van der Waals surface area contributed by atoms with E-state index in [1.54, 1.807) is 11.8 Å². The fourth-order valence-corrected chi connectivity index (χ4v) is 3.10. The molecule has 2 unspecified atom stereocenters. The zero-order valence-electron chi connectivity index (χ0n) is 12.9. The van der Waals surface area contributed by atoms with Crippen molar-refractivity contribution in [1.29, 1.82) is 0 Å². The predicted octanol–water partition coefficient (Wildman–Crippen LogP) is 1.73. The topological polar surface area (TPSA) is 58.4 Å². The van der Waals surface area contributed by atoms with E-state index in [0.717, 1.165) is 37.7 Å². The minimum absolute atomic E-state index is 0. The van der Waals surface area contributed by atoms with Gasteiger partial charge in [-0.05, 0) is 50.7 Å². The number of hydrogen-bond acceptors (Lipinski definition) is 4. The smallest absolute Gasteiger partial charge is 0.237 e. The molecule has 1 amide bonds. The van der Waals surface area contributed by atoms with Crippen molar-refractivity contribution in [3.8, 4) is 0 Å². The molecule has 0 radical (unpaired) electrons. The minimum atomic E-state index is -0.366. The highest BCUT2D eigenvalue weighted by atomic mass is 35.5. The number of hydrogen-bond donors (Lipinski definition) is 2. The zero-order valence-corrected chi connectivity index (χ0v) is 14.6. The number of piperidine rings is 1. The molecule has 120 valence electrons. The summed E-state index contributed by atoms with van der Waals surface area (Å²) < 4.78 is 0. The highest BCUT2D eigenvalue weighted by Gasteiger charge is 2.20. The first-order chi connectivity index (χ1) is 9.02. The number of amides is 1. The van der Waals surface area contributed by atoms with Crippen LogP contribution >= 0.6 is 24.2 Å². The van der Waals surface area contributed by atoms with Gasteiger partial charge in [-0.15, -0.1) is 12.4 Å². The quantitative estimate of drug-likeness (QED) is 0.749. The third-order valence-electron chi connectivity index (χ3n) is 3.63. The number of carbonyl (C=O) groups excluding carboxylic acids is 1. The molecule has 0 saturated carbocycles. The number of nitrogens with one attached hydrogen (secondary N) is 1. The molecule has 3 atom stereocenters. The Morgan fingerprint density at radius 1 is 1.55 bits per heavy atom. The van der Waals surface area contributed by atoms with Crippen molar-refractivity contribution < 1.29 is 4.79 Å². The lowest BCUT2D eigenvalue weighted by atomic mass is 10.00. The van der Waals surface area contributed by atoms with Crippen LogP contribution in [0.25, 0.3) is 0 Å². The van der Waals surface area contributed by atoms with Crippen LogP contribution < -0.4 is 11.1 Å². The van der Waals surface area contributed by atoms with Gasteiger partial charge in [0, 0.05) is 19.1 Å². The second kappa shape index (κ2) is 10.7. The van der Waals surface area contributed by atoms with E-state index in [1.165, 1.54) is 12.8 Å². The molecule has 0 aromatic heterocycles. The maximum Gasteiger partial charge on any atom is 0.237 e. The van der Waals surface area contributed by atoms with E-state index in [9.17, 15) is 4.79 Å². The average Bonchev–Trinajstić information content (AvgIpc) is 2.35. The van der Waals surface area contributed by atoms with E-state index in [0.29, 0.717) is 0 Å². The number of rotatable bonds is 7. The summed E-state index contributed by atoms with van der Waals surface area (Å²) in [6.07, 6.45) is 5.39. The first-order valence-electron chi connectivity index (χ1n) is 7.30. The molecule has 0 spiro atoms. The molecule has 6 heteroatoms. The molecule has 1 heterocycles. The first-order valence-corrected chi connectivity index (χ1v) is 8.69. The molecule has 4 nitrogen and oxygen atoms in total. The number of thioether (sulfide) groups is 1. The normalized spacial score (nSPS) is 22.7. The summed E-state index contributed by atoms with van der Waals surface area (Å²) in [5.41, 5.74) is 5.87. The molecule has 0 bridgehead atoms. The second-order valence-electron chi connectivity index (χ2n) is 5.80. The molecule has 1 fully saturated rings. The van der Waals surface area contributed by atoms with E-state index in [2.05, 4.69) is 24.1 Å². The lowest BCUT2D eigenvalue weighted by Crippen LogP contribution is -2.49. The van der Waals surface area contributed by atoms with Crippen LogP contribution in [-0.4, -0.2) is 54.5 Å². The predicted molar refractivity (Wildman–Crippen MR) is 90.7 cm³/mol. The van der Waals surface area contributed by atoms with Crippen LogP contribution in [-0.2, 0) is 4.79 Å². The SMILES string of the molecule is CSCC[C@H](N)C(=O)NC(C)CN1CCCC(C)C1.Cl. The fourth-order valence-electron chi connectivity index (χ4n) is 2.61. The van der Waals surface area contributed by atoms with Crippen LogP contribution in [0.15, 0.2) is 0 Å². The van der Waals surface area contributed by atoms with Gasteiger partial charge in [-0.2, -0.15) is 11.8 Å². The van der Waals surface area contributed by atoms with Crippen molar-refractivity contribution in [3.05, 3.63) is 0 Å². The summed E-state index contributed by atoms with van der Waals surface area (Å²) in [7, 11) is 0. The van der Waals surface area contributed by atoms with Gasteiger partial charge in [-0.1, -0.05) is 6.92 Å². The van der Waals surface area contributed by atoms with Crippen LogP contribution in [0.1, 0.15) is 33.1 Å². The molecule has 1 rings (SSSR count). The van der Waals surface area contributed by atoms with E-state index in [-0.39, 0.29) is 30.4 Å². The molecule has 1 aliphatic heterocycles. The van der Waals surface area contributed by atoms with Crippen molar-refractivity contribution in [1.82, 2.24) is 10.2 Å². The summed E-state index contributed by atoms with van der Waals surface area (Å²) in [4.78, 5) is 14.4. The molecule has 20 heavy (non-hydrogen) atoms. The van der Waals surface area contributed by atoms with Crippen LogP contribution in [0.2, 0.25) is 0 Å². The van der Waals surface area contributed by atoms with Gasteiger partial charge in [0.05, 0.1) is 6.04 Å². The summed E-state index contributed by atoms with van der Waals surface area (Å²) in [6.45, 7) is 7.61. The number of nitrogens with two attached hydrogens (primary N) is 1. The van der Waals surface area contributed by atoms with Crippen LogP contribution in [0.4, 0.5) is 0 Å². The van der Waals surface area contributed by atoms with Gasteiger partial charge < -0.3 is 16.0 Å². The molecule has 0 aromatic rings. The largest absolute Gasteiger partial charge is 0.351 e.